The number of hydrogen-bond acceptors (Lipinski definition) is 3. The zero-order valence-electron chi connectivity index (χ0n) is 8.58. The van der Waals surface area contributed by atoms with Crippen LogP contribution >= 0.6 is 0 Å². The van der Waals surface area contributed by atoms with E-state index in [0.29, 0.717) is 17.2 Å². The highest BCUT2D eigenvalue weighted by Crippen LogP contribution is 2.28. The molecule has 1 aromatic carbocycles. The molecule has 0 fully saturated rings. The van der Waals surface area contributed by atoms with E-state index in [9.17, 15) is 4.79 Å². The minimum absolute atomic E-state index is 0.328. The van der Waals surface area contributed by atoms with E-state index in [1.54, 1.807) is 12.1 Å². The van der Waals surface area contributed by atoms with Gasteiger partial charge in [0.2, 0.25) is 0 Å². The number of carboxylic acid groups (broad SMARTS) is 1. The fraction of sp³-hybridized carbons (Fsp3) is 0.364. The molecule has 4 nitrogen and oxygen atoms in total. The van der Waals surface area contributed by atoms with Crippen LogP contribution in [-0.4, -0.2) is 24.2 Å². The number of benzene rings is 1. The first-order valence-corrected chi connectivity index (χ1v) is 5.02. The average Bonchev–Trinajstić information content (AvgIpc) is 2.40. The Balaban J connectivity index is 2.42. The van der Waals surface area contributed by atoms with Gasteiger partial charge in [0.15, 0.2) is 0 Å². The van der Waals surface area contributed by atoms with Gasteiger partial charge in [-0.05, 0) is 18.1 Å². The van der Waals surface area contributed by atoms with Crippen LogP contribution in [0.25, 0.3) is 0 Å². The third-order valence-electron chi connectivity index (χ3n) is 2.56. The van der Waals surface area contributed by atoms with Gasteiger partial charge >= 0.3 is 5.97 Å². The number of aromatic carboxylic acids is 1. The third kappa shape index (κ3) is 1.88. The van der Waals surface area contributed by atoms with Gasteiger partial charge in [0.05, 0.1) is 16.9 Å². The molecule has 0 amide bonds. The molecule has 1 heterocycles. The van der Waals surface area contributed by atoms with Crippen molar-refractivity contribution < 1.29 is 9.90 Å². The van der Waals surface area contributed by atoms with Crippen molar-refractivity contribution >= 4 is 17.3 Å². The zero-order chi connectivity index (χ0) is 10.8. The molecule has 0 saturated heterocycles. The first-order chi connectivity index (χ1) is 7.18. The molecule has 15 heavy (non-hydrogen) atoms. The fourth-order valence-electron chi connectivity index (χ4n) is 1.70. The first-order valence-electron chi connectivity index (χ1n) is 5.02. The number of hydrogen-bond donors (Lipinski definition) is 3. The van der Waals surface area contributed by atoms with Gasteiger partial charge in [-0.15, -0.1) is 0 Å². The van der Waals surface area contributed by atoms with E-state index in [0.717, 1.165) is 18.8 Å². The summed E-state index contributed by atoms with van der Waals surface area (Å²) in [6, 6.07) is 5.27. The molecule has 0 saturated carbocycles. The molecule has 0 aliphatic carbocycles. The Morgan fingerprint density at radius 2 is 2.13 bits per heavy atom. The van der Waals surface area contributed by atoms with Gasteiger partial charge in [-0.3, -0.25) is 0 Å². The van der Waals surface area contributed by atoms with Crippen LogP contribution in [0.4, 0.5) is 11.4 Å². The van der Waals surface area contributed by atoms with Crippen LogP contribution in [-0.2, 0) is 0 Å². The quantitative estimate of drug-likeness (QED) is 0.656. The van der Waals surface area contributed by atoms with Gasteiger partial charge in [-0.2, -0.15) is 0 Å². The lowest BCUT2D eigenvalue weighted by atomic mass is 10.1. The van der Waals surface area contributed by atoms with Crippen LogP contribution in [0.3, 0.4) is 0 Å². The second-order valence-corrected chi connectivity index (χ2v) is 3.90. The van der Waals surface area contributed by atoms with Gasteiger partial charge in [-0.1, -0.05) is 13.0 Å². The zero-order valence-corrected chi connectivity index (χ0v) is 8.58. The molecule has 4 heteroatoms. The lowest BCUT2D eigenvalue weighted by Crippen LogP contribution is -2.15. The summed E-state index contributed by atoms with van der Waals surface area (Å²) in [5.41, 5.74) is 1.91. The summed E-state index contributed by atoms with van der Waals surface area (Å²) in [5.74, 6) is -0.408. The maximum atomic E-state index is 11.0. The minimum atomic E-state index is -0.893. The van der Waals surface area contributed by atoms with Crippen LogP contribution < -0.4 is 10.6 Å². The van der Waals surface area contributed by atoms with Crippen molar-refractivity contribution in [2.75, 3.05) is 23.7 Å². The predicted molar refractivity (Wildman–Crippen MR) is 59.5 cm³/mol. The molecule has 0 bridgehead atoms. The van der Waals surface area contributed by atoms with Crippen molar-refractivity contribution in [3.8, 4) is 0 Å². The molecule has 0 radical (unpaired) electrons. The molecule has 1 unspecified atom stereocenters. The Morgan fingerprint density at radius 3 is 2.87 bits per heavy atom. The molecule has 80 valence electrons. The Hall–Kier alpha value is -1.71. The highest BCUT2D eigenvalue weighted by molar-refractivity contribution is 5.98. The Bertz CT molecular complexity index is 390. The van der Waals surface area contributed by atoms with Gasteiger partial charge in [0.25, 0.3) is 0 Å². The molecular formula is C11H14N2O2. The normalized spacial score (nSPS) is 19.4. The monoisotopic (exact) mass is 206 g/mol. The van der Waals surface area contributed by atoms with Crippen molar-refractivity contribution in [3.05, 3.63) is 23.8 Å². The lowest BCUT2D eigenvalue weighted by Gasteiger charge is -2.10. The molecule has 1 aliphatic rings. The average molecular weight is 206 g/mol. The first kappa shape index (κ1) is 9.83. The molecule has 0 aromatic heterocycles. The predicted octanol–water partition coefficient (Wildman–Crippen LogP) is 1.86. The van der Waals surface area contributed by atoms with E-state index < -0.39 is 5.97 Å². The lowest BCUT2D eigenvalue weighted by molar-refractivity contribution is 0.0698. The maximum Gasteiger partial charge on any atom is 0.337 e. The maximum absolute atomic E-state index is 11.0. The molecule has 1 aliphatic heterocycles. The van der Waals surface area contributed by atoms with Gasteiger partial charge in [0.1, 0.15) is 0 Å². The third-order valence-corrected chi connectivity index (χ3v) is 2.56. The van der Waals surface area contributed by atoms with Crippen LogP contribution in [0.1, 0.15) is 17.3 Å². The van der Waals surface area contributed by atoms with Crippen molar-refractivity contribution in [1.82, 2.24) is 0 Å². The highest BCUT2D eigenvalue weighted by Gasteiger charge is 2.17. The van der Waals surface area contributed by atoms with E-state index in [1.165, 1.54) is 0 Å². The Morgan fingerprint density at radius 1 is 1.40 bits per heavy atom. The van der Waals surface area contributed by atoms with Crippen molar-refractivity contribution in [3.63, 3.8) is 0 Å². The van der Waals surface area contributed by atoms with E-state index in [1.807, 2.05) is 6.07 Å². The molecular weight excluding hydrogens is 192 g/mol. The van der Waals surface area contributed by atoms with Crippen LogP contribution in [0.15, 0.2) is 18.2 Å². The smallest absolute Gasteiger partial charge is 0.337 e. The summed E-state index contributed by atoms with van der Waals surface area (Å²) >= 11 is 0. The largest absolute Gasteiger partial charge is 0.478 e. The summed E-state index contributed by atoms with van der Waals surface area (Å²) < 4.78 is 0. The number of anilines is 2. The summed E-state index contributed by atoms with van der Waals surface area (Å²) in [6.07, 6.45) is 0. The van der Waals surface area contributed by atoms with Crippen molar-refractivity contribution in [2.45, 2.75) is 6.92 Å². The second-order valence-electron chi connectivity index (χ2n) is 3.90. The van der Waals surface area contributed by atoms with Crippen LogP contribution in [0, 0.1) is 5.92 Å². The SMILES string of the molecule is CC1CNc2cccc(C(=O)O)c2NC1. The number of carbonyl (C=O) groups is 1. The standard InChI is InChI=1S/C11H14N2O2/c1-7-5-12-9-4-2-3-8(11(14)15)10(9)13-6-7/h2-4,7,12-13H,5-6H2,1H3,(H,14,15). The Kier molecular flexibility index (Phi) is 2.49. The second kappa shape index (κ2) is 3.81. The van der Waals surface area contributed by atoms with E-state index in [4.69, 9.17) is 5.11 Å². The summed E-state index contributed by atoms with van der Waals surface area (Å²) in [7, 11) is 0. The summed E-state index contributed by atoms with van der Waals surface area (Å²) in [6.45, 7) is 3.78. The number of para-hydroxylation sites is 1. The fourth-order valence-corrected chi connectivity index (χ4v) is 1.70. The number of fused-ring (bicyclic) bond motifs is 1. The number of rotatable bonds is 1. The molecule has 1 aromatic rings. The topological polar surface area (TPSA) is 61.4 Å². The summed E-state index contributed by atoms with van der Waals surface area (Å²) in [5, 5.41) is 15.5. The van der Waals surface area contributed by atoms with Gasteiger partial charge in [0, 0.05) is 13.1 Å². The van der Waals surface area contributed by atoms with Gasteiger partial charge in [-0.25, -0.2) is 4.79 Å². The molecule has 0 spiro atoms. The van der Waals surface area contributed by atoms with E-state index in [2.05, 4.69) is 17.6 Å². The minimum Gasteiger partial charge on any atom is -0.478 e. The number of carboxylic acids is 1. The van der Waals surface area contributed by atoms with E-state index in [-0.39, 0.29) is 0 Å². The van der Waals surface area contributed by atoms with Crippen molar-refractivity contribution in [1.29, 1.82) is 0 Å². The number of nitrogens with one attached hydrogen (secondary N) is 2. The van der Waals surface area contributed by atoms with Crippen molar-refractivity contribution in [2.24, 2.45) is 5.92 Å². The van der Waals surface area contributed by atoms with Crippen LogP contribution in [0.2, 0.25) is 0 Å². The Labute approximate surface area is 88.3 Å². The van der Waals surface area contributed by atoms with Crippen LogP contribution in [0.5, 0.6) is 0 Å². The van der Waals surface area contributed by atoms with E-state index >= 15 is 0 Å². The molecule has 2 rings (SSSR count). The van der Waals surface area contributed by atoms with Gasteiger partial charge < -0.3 is 15.7 Å². The molecule has 3 N–H and O–H groups in total. The summed E-state index contributed by atoms with van der Waals surface area (Å²) in [4.78, 5) is 11.0. The highest BCUT2D eigenvalue weighted by atomic mass is 16.4. The molecule has 1 atom stereocenters.